The van der Waals surface area contributed by atoms with Crippen LogP contribution in [-0.2, 0) is 37.1 Å². The smallest absolute Gasteiger partial charge is 0.355 e. The van der Waals surface area contributed by atoms with Gasteiger partial charge in [-0.3, -0.25) is 4.68 Å². The fourth-order valence-electron chi connectivity index (χ4n) is 6.12. The van der Waals surface area contributed by atoms with Crippen molar-refractivity contribution in [2.24, 2.45) is 7.05 Å². The maximum atomic E-state index is 13.4. The summed E-state index contributed by atoms with van der Waals surface area (Å²) < 4.78 is 15.7. The van der Waals surface area contributed by atoms with Crippen LogP contribution in [0.5, 0.6) is 5.75 Å². The quantitative estimate of drug-likeness (QED) is 0.143. The Morgan fingerprint density at radius 1 is 1.14 bits per heavy atom. The molecule has 1 aliphatic rings. The van der Waals surface area contributed by atoms with E-state index in [1.807, 2.05) is 59.2 Å². The summed E-state index contributed by atoms with van der Waals surface area (Å²) in [5, 5.41) is 18.7. The van der Waals surface area contributed by atoms with Crippen molar-refractivity contribution < 1.29 is 19.4 Å². The van der Waals surface area contributed by atoms with Crippen LogP contribution in [0.4, 0.5) is 0 Å². The minimum Gasteiger partial charge on any atom is -0.493 e. The second-order valence-corrected chi connectivity index (χ2v) is 12.1. The summed E-state index contributed by atoms with van der Waals surface area (Å²) in [6, 6.07) is 16.3. The third-order valence-corrected chi connectivity index (χ3v) is 9.15. The second kappa shape index (κ2) is 12.0. The van der Waals surface area contributed by atoms with Gasteiger partial charge in [0.15, 0.2) is 0 Å². The lowest BCUT2D eigenvalue weighted by atomic mass is 9.98. The van der Waals surface area contributed by atoms with Crippen molar-refractivity contribution in [3.8, 4) is 16.9 Å². The van der Waals surface area contributed by atoms with Gasteiger partial charge in [0.05, 0.1) is 48.3 Å². The molecule has 218 valence electrons. The summed E-state index contributed by atoms with van der Waals surface area (Å²) in [4.78, 5) is 13.4. The van der Waals surface area contributed by atoms with E-state index in [0.717, 1.165) is 73.4 Å². The molecule has 1 N–H and O–H groups in total. The molecule has 0 aliphatic carbocycles. The van der Waals surface area contributed by atoms with Crippen LogP contribution in [0.1, 0.15) is 46.3 Å². The van der Waals surface area contributed by atoms with Gasteiger partial charge in [0.25, 0.3) is 0 Å². The van der Waals surface area contributed by atoms with Crippen LogP contribution in [0.15, 0.2) is 48.5 Å². The van der Waals surface area contributed by atoms with E-state index >= 15 is 0 Å². The first kappa shape index (κ1) is 28.6. The van der Waals surface area contributed by atoms with Crippen LogP contribution >= 0.6 is 23.4 Å². The highest BCUT2D eigenvalue weighted by atomic mass is 35.5. The highest BCUT2D eigenvalue weighted by Crippen LogP contribution is 2.43. The highest BCUT2D eigenvalue weighted by molar-refractivity contribution is 7.98. The Labute approximate surface area is 254 Å². The largest absolute Gasteiger partial charge is 0.493 e. The van der Waals surface area contributed by atoms with E-state index < -0.39 is 0 Å². The van der Waals surface area contributed by atoms with Crippen molar-refractivity contribution in [2.75, 3.05) is 19.0 Å². The number of halogens is 1. The van der Waals surface area contributed by atoms with E-state index in [0.29, 0.717) is 35.9 Å². The Morgan fingerprint density at radius 2 is 1.98 bits per heavy atom. The maximum absolute atomic E-state index is 13.4. The topological polar surface area (TPSA) is 78.5 Å². The minimum atomic E-state index is -0.367. The molecule has 3 aromatic carbocycles. The monoisotopic (exact) mass is 603 g/mol. The molecule has 0 atom stereocenters. The molecule has 42 heavy (non-hydrogen) atoms. The maximum Gasteiger partial charge on any atom is 0.355 e. The molecule has 7 nitrogen and oxygen atoms in total. The molecule has 2 aromatic heterocycles. The number of aromatic nitrogens is 3. The predicted octanol–water partition coefficient (Wildman–Crippen LogP) is 7.08. The lowest BCUT2D eigenvalue weighted by molar-refractivity contribution is 0.0514. The van der Waals surface area contributed by atoms with Gasteiger partial charge in [0.2, 0.25) is 0 Å². The van der Waals surface area contributed by atoms with Crippen LogP contribution < -0.4 is 4.74 Å². The number of esters is 1. The van der Waals surface area contributed by atoms with Crippen LogP contribution in [0.3, 0.4) is 0 Å². The Balaban J connectivity index is 1.40. The molecule has 6 rings (SSSR count). The number of hydrogen-bond acceptors (Lipinski definition) is 6. The summed E-state index contributed by atoms with van der Waals surface area (Å²) in [5.74, 6) is 2.25. The molecule has 0 unspecified atom stereocenters. The first-order valence-electron chi connectivity index (χ1n) is 14.3. The SMILES string of the molecule is CCOC(=O)c1c(CCCOc2cc(C)cc3ccccc23)c2ccc(Cl)c(-c3c(CO)nn4c3CSCC4)c2n1C. The van der Waals surface area contributed by atoms with Gasteiger partial charge in [0, 0.05) is 40.5 Å². The Bertz CT molecular complexity index is 1810. The number of fused-ring (bicyclic) bond motifs is 3. The van der Waals surface area contributed by atoms with Crippen LogP contribution in [0.25, 0.3) is 32.8 Å². The normalized spacial score (nSPS) is 13.1. The molecule has 0 fully saturated rings. The first-order chi connectivity index (χ1) is 20.4. The minimum absolute atomic E-state index is 0.195. The van der Waals surface area contributed by atoms with E-state index in [1.54, 1.807) is 0 Å². The number of ether oxygens (including phenoxy) is 2. The number of hydrogen-bond donors (Lipinski definition) is 1. The summed E-state index contributed by atoms with van der Waals surface area (Å²) in [5.41, 5.74) is 6.70. The Hall–Kier alpha value is -3.46. The van der Waals surface area contributed by atoms with Crippen molar-refractivity contribution in [3.05, 3.63) is 81.8 Å². The zero-order valence-electron chi connectivity index (χ0n) is 24.1. The van der Waals surface area contributed by atoms with Crippen LogP contribution in [-0.4, -0.2) is 44.4 Å². The molecule has 0 saturated carbocycles. The van der Waals surface area contributed by atoms with Crippen molar-refractivity contribution in [2.45, 2.75) is 45.6 Å². The van der Waals surface area contributed by atoms with Gasteiger partial charge in [-0.2, -0.15) is 16.9 Å². The van der Waals surface area contributed by atoms with Gasteiger partial charge in [-0.15, -0.1) is 0 Å². The van der Waals surface area contributed by atoms with E-state index in [2.05, 4.69) is 31.2 Å². The Kier molecular flexibility index (Phi) is 8.21. The molecule has 1 aliphatic heterocycles. The number of carbonyl (C=O) groups excluding carboxylic acids is 1. The number of benzene rings is 3. The summed E-state index contributed by atoms with van der Waals surface area (Å²) in [6.07, 6.45) is 1.32. The van der Waals surface area contributed by atoms with Gasteiger partial charge in [-0.05, 0) is 55.3 Å². The number of carbonyl (C=O) groups is 1. The number of thioether (sulfide) groups is 1. The molecule has 0 spiro atoms. The number of aliphatic hydroxyl groups excluding tert-OH is 1. The number of aryl methyl sites for hydroxylation is 4. The molecule has 9 heteroatoms. The molecular weight excluding hydrogens is 570 g/mol. The van der Waals surface area contributed by atoms with Crippen molar-refractivity contribution >= 4 is 51.0 Å². The lowest BCUT2D eigenvalue weighted by Crippen LogP contribution is -2.13. The van der Waals surface area contributed by atoms with Crippen molar-refractivity contribution in [3.63, 3.8) is 0 Å². The summed E-state index contributed by atoms with van der Waals surface area (Å²) in [6.45, 7) is 5.24. The molecule has 5 aromatic rings. The lowest BCUT2D eigenvalue weighted by Gasteiger charge is -2.16. The molecule has 0 bridgehead atoms. The van der Waals surface area contributed by atoms with E-state index in [-0.39, 0.29) is 19.2 Å². The molecule has 3 heterocycles. The molecular formula is C33H34ClN3O4S. The summed E-state index contributed by atoms with van der Waals surface area (Å²) >= 11 is 8.76. The number of rotatable bonds is 9. The fraction of sp³-hybridized carbons (Fsp3) is 0.333. The van der Waals surface area contributed by atoms with E-state index in [4.69, 9.17) is 26.2 Å². The van der Waals surface area contributed by atoms with E-state index in [1.165, 1.54) is 0 Å². The van der Waals surface area contributed by atoms with Gasteiger partial charge in [-0.25, -0.2) is 4.79 Å². The molecule has 0 radical (unpaired) electrons. The Morgan fingerprint density at radius 3 is 2.79 bits per heavy atom. The van der Waals surface area contributed by atoms with Gasteiger partial charge in [-0.1, -0.05) is 48.0 Å². The van der Waals surface area contributed by atoms with E-state index in [9.17, 15) is 9.90 Å². The highest BCUT2D eigenvalue weighted by Gasteiger charge is 2.29. The van der Waals surface area contributed by atoms with Crippen molar-refractivity contribution in [1.82, 2.24) is 14.3 Å². The van der Waals surface area contributed by atoms with Crippen LogP contribution in [0.2, 0.25) is 5.02 Å². The van der Waals surface area contributed by atoms with Gasteiger partial charge >= 0.3 is 5.97 Å². The standard InChI is InChI=1S/C33H34ClN3O4S/c1-4-40-33(39)32-23(10-7-14-41-28-17-20(2)16-21-8-5-6-9-22(21)28)24-11-12-25(34)29(31(24)36(32)3)30-26(18-38)35-37-13-15-42-19-27(30)37/h5-6,8-9,11-12,16-17,38H,4,7,10,13-15,18-19H2,1-3H3. The predicted molar refractivity (Wildman–Crippen MR) is 170 cm³/mol. The second-order valence-electron chi connectivity index (χ2n) is 10.6. The third kappa shape index (κ3) is 5.06. The zero-order valence-corrected chi connectivity index (χ0v) is 25.6. The van der Waals surface area contributed by atoms with Crippen molar-refractivity contribution in [1.29, 1.82) is 0 Å². The average molecular weight is 604 g/mol. The first-order valence-corrected chi connectivity index (χ1v) is 15.8. The van der Waals surface area contributed by atoms with Gasteiger partial charge in [0.1, 0.15) is 11.4 Å². The van der Waals surface area contributed by atoms with Gasteiger partial charge < -0.3 is 19.1 Å². The molecule has 0 amide bonds. The third-order valence-electron chi connectivity index (χ3n) is 7.89. The molecule has 0 saturated heterocycles. The number of nitrogens with zero attached hydrogens (tertiary/aromatic N) is 3. The zero-order chi connectivity index (χ0) is 29.4. The average Bonchev–Trinajstić information content (AvgIpc) is 3.50. The number of aliphatic hydroxyl groups is 1. The fourth-order valence-corrected chi connectivity index (χ4v) is 7.30. The van der Waals surface area contributed by atoms with Crippen LogP contribution in [0, 0.1) is 6.92 Å². The summed E-state index contributed by atoms with van der Waals surface area (Å²) in [7, 11) is 1.89.